The Kier molecular flexibility index (Phi) is 5.07. The number of hydrogen-bond acceptors (Lipinski definition) is 3. The topological polar surface area (TPSA) is 28.2 Å². The number of nitrogens with zero attached hydrogens (tertiary/aromatic N) is 2. The van der Waals surface area contributed by atoms with Gasteiger partial charge in [-0.05, 0) is 50.6 Å². The van der Waals surface area contributed by atoms with Crippen LogP contribution in [0.15, 0.2) is 48.7 Å². The molecule has 0 spiro atoms. The molecular weight excluding hydrogens is 270 g/mol. The molecule has 2 heterocycles. The number of aromatic nitrogens is 1. The predicted octanol–water partition coefficient (Wildman–Crippen LogP) is 4.76. The van der Waals surface area contributed by atoms with Gasteiger partial charge in [0.25, 0.3) is 0 Å². The quantitative estimate of drug-likeness (QED) is 0.861. The first-order valence-electron chi connectivity index (χ1n) is 8.39. The fraction of sp³-hybridized carbons (Fsp3) is 0.421. The molecule has 3 heteroatoms. The summed E-state index contributed by atoms with van der Waals surface area (Å²) in [5.74, 6) is 1.00. The fourth-order valence-electron chi connectivity index (χ4n) is 3.35. The molecule has 1 fully saturated rings. The summed E-state index contributed by atoms with van der Waals surface area (Å²) in [6.07, 6.45) is 6.94. The van der Waals surface area contributed by atoms with E-state index in [-0.39, 0.29) is 0 Å². The lowest BCUT2D eigenvalue weighted by molar-refractivity contribution is 0.149. The monoisotopic (exact) mass is 295 g/mol. The van der Waals surface area contributed by atoms with Gasteiger partial charge in [0.2, 0.25) is 0 Å². The van der Waals surface area contributed by atoms with Crippen molar-refractivity contribution in [1.82, 2.24) is 9.88 Å². The third-order valence-electron chi connectivity index (χ3n) is 4.36. The fourth-order valence-corrected chi connectivity index (χ4v) is 3.35. The molecular formula is C19H25N3. The molecule has 1 atom stereocenters. The second kappa shape index (κ2) is 7.41. The minimum atomic E-state index is 0.494. The van der Waals surface area contributed by atoms with Crippen molar-refractivity contribution in [1.29, 1.82) is 0 Å². The van der Waals surface area contributed by atoms with Crippen LogP contribution in [0.3, 0.4) is 0 Å². The van der Waals surface area contributed by atoms with E-state index >= 15 is 0 Å². The third-order valence-corrected chi connectivity index (χ3v) is 4.36. The largest absolute Gasteiger partial charge is 0.340 e. The highest BCUT2D eigenvalue weighted by molar-refractivity contribution is 5.59. The Labute approximate surface area is 133 Å². The van der Waals surface area contributed by atoms with Crippen LogP contribution in [-0.4, -0.2) is 23.0 Å². The van der Waals surface area contributed by atoms with Crippen LogP contribution in [0.4, 0.5) is 11.5 Å². The highest BCUT2D eigenvalue weighted by Gasteiger charge is 2.25. The molecule has 1 aliphatic rings. The molecule has 1 aromatic carbocycles. The van der Waals surface area contributed by atoms with Crippen molar-refractivity contribution in [3.8, 4) is 0 Å². The second-order valence-corrected chi connectivity index (χ2v) is 5.98. The van der Waals surface area contributed by atoms with Gasteiger partial charge in [-0.25, -0.2) is 4.98 Å². The summed E-state index contributed by atoms with van der Waals surface area (Å²) in [5.41, 5.74) is 2.43. The predicted molar refractivity (Wildman–Crippen MR) is 92.4 cm³/mol. The molecule has 0 amide bonds. The van der Waals surface area contributed by atoms with E-state index < -0.39 is 0 Å². The van der Waals surface area contributed by atoms with Gasteiger partial charge in [0.05, 0.1) is 0 Å². The molecule has 2 aromatic rings. The molecule has 0 aliphatic carbocycles. The Morgan fingerprint density at radius 3 is 2.82 bits per heavy atom. The van der Waals surface area contributed by atoms with Crippen LogP contribution in [0.5, 0.6) is 0 Å². The zero-order valence-corrected chi connectivity index (χ0v) is 13.3. The van der Waals surface area contributed by atoms with Crippen LogP contribution < -0.4 is 5.32 Å². The minimum Gasteiger partial charge on any atom is -0.340 e. The van der Waals surface area contributed by atoms with E-state index in [4.69, 9.17) is 0 Å². The lowest BCUT2D eigenvalue weighted by atomic mass is 9.95. The van der Waals surface area contributed by atoms with Crippen LogP contribution in [0.25, 0.3) is 0 Å². The molecule has 3 nitrogen and oxygen atoms in total. The molecule has 1 aromatic heterocycles. The van der Waals surface area contributed by atoms with Gasteiger partial charge in [0, 0.05) is 23.5 Å². The molecule has 1 aliphatic heterocycles. The van der Waals surface area contributed by atoms with Crippen LogP contribution in [0, 0.1) is 0 Å². The van der Waals surface area contributed by atoms with E-state index in [1.807, 2.05) is 12.3 Å². The Balaban J connectivity index is 1.86. The number of piperidine rings is 1. The molecule has 116 valence electrons. The van der Waals surface area contributed by atoms with Crippen molar-refractivity contribution in [3.63, 3.8) is 0 Å². The zero-order chi connectivity index (χ0) is 15.2. The molecule has 1 saturated heterocycles. The molecule has 3 rings (SSSR count). The average molecular weight is 295 g/mol. The first-order chi connectivity index (χ1) is 10.9. The van der Waals surface area contributed by atoms with Crippen molar-refractivity contribution >= 4 is 11.5 Å². The van der Waals surface area contributed by atoms with Crippen LogP contribution in [0.1, 0.15) is 44.2 Å². The first kappa shape index (κ1) is 15.0. The molecule has 1 N–H and O–H groups in total. The first-order valence-corrected chi connectivity index (χ1v) is 8.39. The lowest BCUT2D eigenvalue weighted by Crippen LogP contribution is -2.34. The van der Waals surface area contributed by atoms with E-state index in [2.05, 4.69) is 58.5 Å². The van der Waals surface area contributed by atoms with Gasteiger partial charge in [-0.3, -0.25) is 4.90 Å². The van der Waals surface area contributed by atoms with E-state index in [1.54, 1.807) is 0 Å². The van der Waals surface area contributed by atoms with Gasteiger partial charge in [-0.15, -0.1) is 0 Å². The highest BCUT2D eigenvalue weighted by atomic mass is 15.2. The van der Waals surface area contributed by atoms with Gasteiger partial charge in [-0.1, -0.05) is 37.6 Å². The zero-order valence-electron chi connectivity index (χ0n) is 13.3. The standard InChI is InChI=1S/C19H25N3/c1-2-14-22-15-7-6-12-18(22)17-11-8-13-20-19(17)21-16-9-4-3-5-10-16/h3-5,8-11,13,18H,2,6-7,12,14-15H2,1H3,(H,20,21). The van der Waals surface area contributed by atoms with E-state index in [0.717, 1.165) is 11.5 Å². The van der Waals surface area contributed by atoms with E-state index in [1.165, 1.54) is 44.3 Å². The van der Waals surface area contributed by atoms with Crippen molar-refractivity contribution < 1.29 is 0 Å². The number of pyridine rings is 1. The lowest BCUT2D eigenvalue weighted by Gasteiger charge is -2.36. The van der Waals surface area contributed by atoms with E-state index in [9.17, 15) is 0 Å². The normalized spacial score (nSPS) is 19.0. The number of nitrogens with one attached hydrogen (secondary N) is 1. The number of likely N-dealkylation sites (tertiary alicyclic amines) is 1. The Bertz CT molecular complexity index is 580. The summed E-state index contributed by atoms with van der Waals surface area (Å²) in [4.78, 5) is 7.23. The molecule has 1 unspecified atom stereocenters. The average Bonchev–Trinajstić information content (AvgIpc) is 2.57. The SMILES string of the molecule is CCCN1CCCCC1c1cccnc1Nc1ccccc1. The van der Waals surface area contributed by atoms with Crippen LogP contribution in [-0.2, 0) is 0 Å². The second-order valence-electron chi connectivity index (χ2n) is 5.98. The summed E-state index contributed by atoms with van der Waals surface area (Å²) in [7, 11) is 0. The van der Waals surface area contributed by atoms with Gasteiger partial charge >= 0.3 is 0 Å². The summed E-state index contributed by atoms with van der Waals surface area (Å²) in [5, 5.41) is 3.49. The van der Waals surface area contributed by atoms with Crippen molar-refractivity contribution in [3.05, 3.63) is 54.2 Å². The van der Waals surface area contributed by atoms with Crippen molar-refractivity contribution in [2.75, 3.05) is 18.4 Å². The van der Waals surface area contributed by atoms with E-state index in [0.29, 0.717) is 6.04 Å². The summed E-state index contributed by atoms with van der Waals surface area (Å²) < 4.78 is 0. The van der Waals surface area contributed by atoms with Crippen molar-refractivity contribution in [2.45, 2.75) is 38.6 Å². The van der Waals surface area contributed by atoms with Crippen molar-refractivity contribution in [2.24, 2.45) is 0 Å². The maximum Gasteiger partial charge on any atom is 0.135 e. The summed E-state index contributed by atoms with van der Waals surface area (Å²) in [6, 6.07) is 15.1. The Morgan fingerprint density at radius 1 is 1.14 bits per heavy atom. The maximum atomic E-state index is 4.61. The van der Waals surface area contributed by atoms with Crippen LogP contribution >= 0.6 is 0 Å². The van der Waals surface area contributed by atoms with Gasteiger partial charge < -0.3 is 5.32 Å². The molecule has 0 bridgehead atoms. The summed E-state index contributed by atoms with van der Waals surface area (Å²) in [6.45, 7) is 4.64. The number of hydrogen-bond donors (Lipinski definition) is 1. The van der Waals surface area contributed by atoms with Gasteiger partial charge in [-0.2, -0.15) is 0 Å². The summed E-state index contributed by atoms with van der Waals surface area (Å²) >= 11 is 0. The third kappa shape index (κ3) is 3.47. The maximum absolute atomic E-state index is 4.61. The van der Waals surface area contributed by atoms with Gasteiger partial charge in [0.1, 0.15) is 5.82 Å². The molecule has 0 saturated carbocycles. The number of para-hydroxylation sites is 1. The number of anilines is 2. The van der Waals surface area contributed by atoms with Crippen LogP contribution in [0.2, 0.25) is 0 Å². The molecule has 22 heavy (non-hydrogen) atoms. The minimum absolute atomic E-state index is 0.494. The highest BCUT2D eigenvalue weighted by Crippen LogP contribution is 2.35. The number of rotatable bonds is 5. The number of benzene rings is 1. The molecule has 0 radical (unpaired) electrons. The Hall–Kier alpha value is -1.87. The smallest absolute Gasteiger partial charge is 0.135 e. The Morgan fingerprint density at radius 2 is 2.00 bits per heavy atom. The van der Waals surface area contributed by atoms with Gasteiger partial charge in [0.15, 0.2) is 0 Å².